The monoisotopic (exact) mass is 350 g/mol. The van der Waals surface area contributed by atoms with Gasteiger partial charge in [-0.1, -0.05) is 54.6 Å². The van der Waals surface area contributed by atoms with E-state index in [4.69, 9.17) is 5.11 Å². The van der Waals surface area contributed by atoms with Crippen LogP contribution in [0.3, 0.4) is 0 Å². The van der Waals surface area contributed by atoms with Gasteiger partial charge in [0.25, 0.3) is 5.91 Å². The lowest BCUT2D eigenvalue weighted by Crippen LogP contribution is -2.30. The van der Waals surface area contributed by atoms with Crippen LogP contribution in [0.5, 0.6) is 5.75 Å². The van der Waals surface area contributed by atoms with Crippen molar-refractivity contribution < 1.29 is 24.6 Å². The van der Waals surface area contributed by atoms with Crippen molar-refractivity contribution >= 4 is 28.4 Å². The Hall–Kier alpha value is -3.74. The van der Waals surface area contributed by atoms with Crippen LogP contribution in [-0.2, 0) is 4.79 Å². The number of fused-ring (bicyclic) bond motifs is 1. The molecule has 0 saturated carbocycles. The van der Waals surface area contributed by atoms with Gasteiger partial charge in [-0.05, 0) is 0 Å². The van der Waals surface area contributed by atoms with E-state index >= 15 is 0 Å². The van der Waals surface area contributed by atoms with Crippen LogP contribution in [0.4, 0.5) is 0 Å². The quantitative estimate of drug-likeness (QED) is 0.606. The number of benzene rings is 2. The van der Waals surface area contributed by atoms with Gasteiger partial charge >= 0.3 is 5.97 Å². The molecule has 26 heavy (non-hydrogen) atoms. The van der Waals surface area contributed by atoms with Crippen LogP contribution in [-0.4, -0.2) is 39.4 Å². The maximum Gasteiger partial charge on any atom is 0.322 e. The standard InChI is InChI=1S/C19H14N2O5/c22-14(23)10-20-19(26)16-18(25)13-9-5-4-8-12(13)15(21-16)17(24)11-6-2-1-3-7-11/h1-9,25H,10H2,(H,20,26)(H,22,23). The van der Waals surface area contributed by atoms with E-state index in [0.29, 0.717) is 10.9 Å². The second-order valence-corrected chi connectivity index (χ2v) is 5.47. The minimum absolute atomic E-state index is 0.00470. The fourth-order valence-corrected chi connectivity index (χ4v) is 2.55. The summed E-state index contributed by atoms with van der Waals surface area (Å²) in [5.41, 5.74) is -0.0120. The Bertz CT molecular complexity index is 1020. The van der Waals surface area contributed by atoms with Crippen LogP contribution < -0.4 is 5.32 Å². The maximum atomic E-state index is 12.8. The van der Waals surface area contributed by atoms with Gasteiger partial charge in [0.05, 0.1) is 0 Å². The van der Waals surface area contributed by atoms with Gasteiger partial charge < -0.3 is 15.5 Å². The van der Waals surface area contributed by atoms with Crippen molar-refractivity contribution in [2.45, 2.75) is 0 Å². The van der Waals surface area contributed by atoms with Crippen LogP contribution in [0.2, 0.25) is 0 Å². The summed E-state index contributed by atoms with van der Waals surface area (Å²) in [6.07, 6.45) is 0. The Balaban J connectivity index is 2.16. The number of aromatic nitrogens is 1. The van der Waals surface area contributed by atoms with Crippen LogP contribution in [0.25, 0.3) is 10.8 Å². The molecule has 2 aromatic carbocycles. The molecule has 0 spiro atoms. The Morgan fingerprint density at radius 3 is 2.15 bits per heavy atom. The first-order chi connectivity index (χ1) is 12.5. The molecule has 130 valence electrons. The average Bonchev–Trinajstić information content (AvgIpc) is 2.67. The number of aliphatic carboxylic acids is 1. The minimum Gasteiger partial charge on any atom is -0.505 e. The number of rotatable bonds is 5. The molecule has 0 radical (unpaired) electrons. The van der Waals surface area contributed by atoms with E-state index in [9.17, 15) is 19.5 Å². The lowest BCUT2D eigenvalue weighted by Gasteiger charge is -2.11. The summed E-state index contributed by atoms with van der Waals surface area (Å²) in [6, 6.07) is 14.9. The highest BCUT2D eigenvalue weighted by molar-refractivity contribution is 6.17. The molecule has 3 N–H and O–H groups in total. The van der Waals surface area contributed by atoms with E-state index in [1.807, 2.05) is 0 Å². The molecule has 3 rings (SSSR count). The highest BCUT2D eigenvalue weighted by atomic mass is 16.4. The normalized spacial score (nSPS) is 10.5. The fraction of sp³-hybridized carbons (Fsp3) is 0.0526. The number of nitrogens with zero attached hydrogens (tertiary/aromatic N) is 1. The number of nitrogens with one attached hydrogen (secondary N) is 1. The molecule has 7 heteroatoms. The summed E-state index contributed by atoms with van der Waals surface area (Å²) in [5.74, 6) is -2.93. The summed E-state index contributed by atoms with van der Waals surface area (Å²) < 4.78 is 0. The average molecular weight is 350 g/mol. The van der Waals surface area contributed by atoms with Crippen molar-refractivity contribution in [2.24, 2.45) is 0 Å². The van der Waals surface area contributed by atoms with Crippen molar-refractivity contribution in [3.8, 4) is 5.75 Å². The second kappa shape index (κ2) is 7.02. The first kappa shape index (κ1) is 17.1. The number of hydrogen-bond donors (Lipinski definition) is 3. The summed E-state index contributed by atoms with van der Waals surface area (Å²) >= 11 is 0. The highest BCUT2D eigenvalue weighted by Gasteiger charge is 2.23. The first-order valence-electron chi connectivity index (χ1n) is 7.70. The van der Waals surface area contributed by atoms with Crippen molar-refractivity contribution in [3.05, 3.63) is 71.5 Å². The Morgan fingerprint density at radius 1 is 0.885 bits per heavy atom. The van der Waals surface area contributed by atoms with E-state index in [-0.39, 0.29) is 11.1 Å². The van der Waals surface area contributed by atoms with Gasteiger partial charge in [-0.15, -0.1) is 0 Å². The van der Waals surface area contributed by atoms with E-state index in [2.05, 4.69) is 10.3 Å². The van der Waals surface area contributed by atoms with E-state index in [0.717, 1.165) is 0 Å². The molecule has 0 aliphatic carbocycles. The van der Waals surface area contributed by atoms with Gasteiger partial charge in [0.2, 0.25) is 5.78 Å². The molecule has 1 aromatic heterocycles. The summed E-state index contributed by atoms with van der Waals surface area (Å²) in [4.78, 5) is 39.8. The molecular weight excluding hydrogens is 336 g/mol. The van der Waals surface area contributed by atoms with Gasteiger partial charge in [-0.3, -0.25) is 14.4 Å². The number of hydrogen-bond acceptors (Lipinski definition) is 5. The molecule has 7 nitrogen and oxygen atoms in total. The fourth-order valence-electron chi connectivity index (χ4n) is 2.55. The van der Waals surface area contributed by atoms with E-state index < -0.39 is 35.6 Å². The number of carboxylic acids is 1. The molecule has 0 atom stereocenters. The first-order valence-corrected chi connectivity index (χ1v) is 7.70. The SMILES string of the molecule is O=C(O)CNC(=O)c1nc(C(=O)c2ccccc2)c2ccccc2c1O. The molecule has 0 fully saturated rings. The lowest BCUT2D eigenvalue weighted by molar-refractivity contribution is -0.135. The minimum atomic E-state index is -1.24. The van der Waals surface area contributed by atoms with Crippen molar-refractivity contribution in [3.63, 3.8) is 0 Å². The lowest BCUT2D eigenvalue weighted by atomic mass is 10.0. The number of amides is 1. The molecular formula is C19H14N2O5. The largest absolute Gasteiger partial charge is 0.505 e. The molecule has 0 unspecified atom stereocenters. The number of carbonyl (C=O) groups excluding carboxylic acids is 2. The molecule has 0 saturated heterocycles. The summed E-state index contributed by atoms with van der Waals surface area (Å²) in [7, 11) is 0. The van der Waals surface area contributed by atoms with Crippen LogP contribution >= 0.6 is 0 Å². The smallest absolute Gasteiger partial charge is 0.322 e. The molecule has 3 aromatic rings. The van der Waals surface area contributed by atoms with Gasteiger partial charge in [-0.25, -0.2) is 4.98 Å². The molecule has 0 aliphatic heterocycles. The molecule has 1 heterocycles. The van der Waals surface area contributed by atoms with Gasteiger partial charge in [0, 0.05) is 16.3 Å². The highest BCUT2D eigenvalue weighted by Crippen LogP contribution is 2.30. The van der Waals surface area contributed by atoms with Crippen molar-refractivity contribution in [2.75, 3.05) is 6.54 Å². The third-order valence-electron chi connectivity index (χ3n) is 3.75. The van der Waals surface area contributed by atoms with Crippen LogP contribution in [0, 0.1) is 0 Å². The number of pyridine rings is 1. The molecule has 0 bridgehead atoms. The third kappa shape index (κ3) is 3.23. The van der Waals surface area contributed by atoms with Crippen LogP contribution in [0.1, 0.15) is 26.5 Å². The predicted octanol–water partition coefficient (Wildman–Crippen LogP) is 1.99. The summed E-state index contributed by atoms with van der Waals surface area (Å²) in [5, 5.41) is 21.9. The van der Waals surface area contributed by atoms with Crippen molar-refractivity contribution in [1.82, 2.24) is 10.3 Å². The van der Waals surface area contributed by atoms with E-state index in [1.54, 1.807) is 54.6 Å². The Kier molecular flexibility index (Phi) is 4.62. The number of ketones is 1. The second-order valence-electron chi connectivity index (χ2n) is 5.47. The zero-order valence-corrected chi connectivity index (χ0v) is 13.5. The zero-order valence-electron chi connectivity index (χ0n) is 13.5. The molecule has 1 amide bonds. The van der Waals surface area contributed by atoms with Gasteiger partial charge in [-0.2, -0.15) is 0 Å². The number of carbonyl (C=O) groups is 3. The van der Waals surface area contributed by atoms with E-state index in [1.165, 1.54) is 0 Å². The third-order valence-corrected chi connectivity index (χ3v) is 3.75. The molecule has 0 aliphatic rings. The zero-order chi connectivity index (χ0) is 18.7. The topological polar surface area (TPSA) is 117 Å². The van der Waals surface area contributed by atoms with Gasteiger partial charge in [0.15, 0.2) is 11.4 Å². The van der Waals surface area contributed by atoms with Crippen LogP contribution in [0.15, 0.2) is 54.6 Å². The Labute approximate surface area is 147 Å². The summed E-state index contributed by atoms with van der Waals surface area (Å²) in [6.45, 7) is -0.630. The number of carboxylic acid groups (broad SMARTS) is 1. The van der Waals surface area contributed by atoms with Gasteiger partial charge in [0.1, 0.15) is 12.2 Å². The Morgan fingerprint density at radius 2 is 1.50 bits per heavy atom. The number of aromatic hydroxyl groups is 1. The van der Waals surface area contributed by atoms with Crippen molar-refractivity contribution in [1.29, 1.82) is 0 Å². The maximum absolute atomic E-state index is 12.8. The predicted molar refractivity (Wildman–Crippen MR) is 93.3 cm³/mol.